The van der Waals surface area contributed by atoms with E-state index in [1.54, 1.807) is 0 Å². The Morgan fingerprint density at radius 1 is 1.24 bits per heavy atom. The van der Waals surface area contributed by atoms with Crippen LogP contribution in [0.25, 0.3) is 0 Å². The summed E-state index contributed by atoms with van der Waals surface area (Å²) in [5.74, 6) is 0.366. The van der Waals surface area contributed by atoms with Gasteiger partial charge in [0, 0.05) is 12.5 Å². The number of nitrogens with zero attached hydrogens (tertiary/aromatic N) is 1. The van der Waals surface area contributed by atoms with Crippen LogP contribution in [-0.2, 0) is 14.3 Å². The van der Waals surface area contributed by atoms with E-state index in [2.05, 4.69) is 24.8 Å². The van der Waals surface area contributed by atoms with E-state index in [1.165, 1.54) is 31.3 Å². The van der Waals surface area contributed by atoms with Crippen LogP contribution in [0.15, 0.2) is 11.6 Å². The van der Waals surface area contributed by atoms with Crippen molar-refractivity contribution in [2.45, 2.75) is 83.0 Å². The second kappa shape index (κ2) is 7.03. The third kappa shape index (κ3) is 3.66. The Morgan fingerprint density at radius 2 is 2.00 bits per heavy atom. The lowest BCUT2D eigenvalue weighted by molar-refractivity contribution is -0.145. The lowest BCUT2D eigenvalue weighted by atomic mass is 9.80. The first kappa shape index (κ1) is 17.5. The van der Waals surface area contributed by atoms with Crippen LogP contribution in [0.1, 0.15) is 65.2 Å². The van der Waals surface area contributed by atoms with Gasteiger partial charge in [-0.25, -0.2) is 0 Å². The summed E-state index contributed by atoms with van der Waals surface area (Å²) in [4.78, 5) is 15.2. The highest BCUT2D eigenvalue weighted by molar-refractivity contribution is 5.75. The first-order valence-electron chi connectivity index (χ1n) is 10.3. The van der Waals surface area contributed by atoms with Gasteiger partial charge in [0.15, 0.2) is 0 Å². The van der Waals surface area contributed by atoms with Crippen LogP contribution >= 0.6 is 0 Å². The van der Waals surface area contributed by atoms with Crippen LogP contribution in [0, 0.1) is 11.8 Å². The van der Waals surface area contributed by atoms with Crippen molar-refractivity contribution in [1.29, 1.82) is 0 Å². The molecule has 0 radical (unpaired) electrons. The Balaban J connectivity index is 1.51. The molecule has 4 nitrogen and oxygen atoms in total. The topological polar surface area (TPSA) is 42.1 Å². The van der Waals surface area contributed by atoms with E-state index in [9.17, 15) is 4.79 Å². The van der Waals surface area contributed by atoms with Crippen molar-refractivity contribution in [3.05, 3.63) is 11.6 Å². The number of likely N-dealkylation sites (tertiary alicyclic amines) is 1. The van der Waals surface area contributed by atoms with E-state index < -0.39 is 0 Å². The van der Waals surface area contributed by atoms with E-state index in [4.69, 9.17) is 9.47 Å². The van der Waals surface area contributed by atoms with Crippen LogP contribution in [0.5, 0.6) is 0 Å². The van der Waals surface area contributed by atoms with Crippen LogP contribution in [0.2, 0.25) is 0 Å². The first-order valence-corrected chi connectivity index (χ1v) is 10.3. The number of fused-ring (bicyclic) bond motifs is 3. The third-order valence-corrected chi connectivity index (χ3v) is 6.89. The zero-order chi connectivity index (χ0) is 17.4. The van der Waals surface area contributed by atoms with Crippen LogP contribution in [0.3, 0.4) is 0 Å². The first-order chi connectivity index (χ1) is 12.1. The zero-order valence-corrected chi connectivity index (χ0v) is 15.8. The normalized spacial score (nSPS) is 44.7. The quantitative estimate of drug-likeness (QED) is 0.434. The van der Waals surface area contributed by atoms with Crippen molar-refractivity contribution < 1.29 is 14.3 Å². The fraction of sp³-hybridized carbons (Fsp3) is 0.857. The van der Waals surface area contributed by atoms with Gasteiger partial charge in [0.05, 0.1) is 11.5 Å². The minimum Gasteiger partial charge on any atom is -0.459 e. The van der Waals surface area contributed by atoms with Gasteiger partial charge in [-0.05, 0) is 65.5 Å². The molecule has 3 saturated heterocycles. The van der Waals surface area contributed by atoms with Crippen LogP contribution in [-0.4, -0.2) is 48.3 Å². The summed E-state index contributed by atoms with van der Waals surface area (Å²) in [5, 5.41) is 0. The average Bonchev–Trinajstić information content (AvgIpc) is 3.23. The molecule has 4 heteroatoms. The fourth-order valence-corrected chi connectivity index (χ4v) is 5.14. The van der Waals surface area contributed by atoms with Crippen molar-refractivity contribution in [2.75, 3.05) is 19.6 Å². The largest absolute Gasteiger partial charge is 0.459 e. The number of carbonyl (C=O) groups is 1. The number of hydrogen-bond donors (Lipinski definition) is 0. The summed E-state index contributed by atoms with van der Waals surface area (Å²) < 4.78 is 12.0. The van der Waals surface area contributed by atoms with Gasteiger partial charge in [0.25, 0.3) is 0 Å². The van der Waals surface area contributed by atoms with E-state index in [0.29, 0.717) is 5.92 Å². The van der Waals surface area contributed by atoms with Gasteiger partial charge in [-0.15, -0.1) is 0 Å². The molecule has 0 spiro atoms. The molecule has 140 valence electrons. The number of allylic oxidation sites excluding steroid dienone is 2. The molecule has 0 saturated carbocycles. The Kier molecular flexibility index (Phi) is 4.93. The summed E-state index contributed by atoms with van der Waals surface area (Å²) >= 11 is 0. The maximum Gasteiger partial charge on any atom is 0.311 e. The highest BCUT2D eigenvalue weighted by atomic mass is 16.6. The molecule has 0 aromatic heterocycles. The Labute approximate surface area is 151 Å². The summed E-state index contributed by atoms with van der Waals surface area (Å²) in [5.41, 5.74) is 1.36. The van der Waals surface area contributed by atoms with Crippen molar-refractivity contribution in [3.8, 4) is 0 Å². The lowest BCUT2D eigenvalue weighted by Gasteiger charge is -2.27. The molecular formula is C21H33NO3. The molecular weight excluding hydrogens is 314 g/mol. The third-order valence-electron chi connectivity index (χ3n) is 6.89. The highest BCUT2D eigenvalue weighted by Crippen LogP contribution is 2.50. The average molecular weight is 347 g/mol. The SMILES string of the molecule is C/C1=C/CC[C@@]2(C)O[C@H]2[C@H]2OC(=O)[C@@H](CN3CCCCCC3)[C@@H]2CC1. The minimum atomic E-state index is -0.0885. The van der Waals surface area contributed by atoms with Gasteiger partial charge in [0.2, 0.25) is 0 Å². The van der Waals surface area contributed by atoms with Gasteiger partial charge < -0.3 is 14.4 Å². The monoisotopic (exact) mass is 347 g/mol. The maximum atomic E-state index is 12.7. The molecule has 3 heterocycles. The molecule has 1 aliphatic carbocycles. The zero-order valence-electron chi connectivity index (χ0n) is 15.8. The molecule has 0 bridgehead atoms. The van der Waals surface area contributed by atoms with E-state index >= 15 is 0 Å². The summed E-state index contributed by atoms with van der Waals surface area (Å²) in [6, 6.07) is 0. The number of rotatable bonds is 2. The molecule has 0 aromatic rings. The Bertz CT molecular complexity index is 537. The van der Waals surface area contributed by atoms with Crippen molar-refractivity contribution in [2.24, 2.45) is 11.8 Å². The Hall–Kier alpha value is -0.870. The second-order valence-corrected chi connectivity index (χ2v) is 8.87. The van der Waals surface area contributed by atoms with Crippen molar-refractivity contribution >= 4 is 5.97 Å². The maximum absolute atomic E-state index is 12.7. The molecule has 5 atom stereocenters. The van der Waals surface area contributed by atoms with E-state index in [-0.39, 0.29) is 29.7 Å². The van der Waals surface area contributed by atoms with E-state index in [1.807, 2.05) is 0 Å². The van der Waals surface area contributed by atoms with E-state index in [0.717, 1.165) is 45.3 Å². The molecule has 0 N–H and O–H groups in total. The molecule has 25 heavy (non-hydrogen) atoms. The number of hydrogen-bond acceptors (Lipinski definition) is 4. The van der Waals surface area contributed by atoms with Gasteiger partial charge in [0.1, 0.15) is 12.2 Å². The van der Waals surface area contributed by atoms with Crippen molar-refractivity contribution in [3.63, 3.8) is 0 Å². The molecule has 0 aromatic carbocycles. The van der Waals surface area contributed by atoms with Crippen molar-refractivity contribution in [1.82, 2.24) is 4.90 Å². The smallest absolute Gasteiger partial charge is 0.311 e. The number of esters is 1. The summed E-state index contributed by atoms with van der Waals surface area (Å²) in [7, 11) is 0. The molecule has 4 aliphatic rings. The summed E-state index contributed by atoms with van der Waals surface area (Å²) in [6.45, 7) is 7.57. The predicted molar refractivity (Wildman–Crippen MR) is 97.3 cm³/mol. The minimum absolute atomic E-state index is 0.0259. The molecule has 3 fully saturated rings. The second-order valence-electron chi connectivity index (χ2n) is 8.87. The van der Waals surface area contributed by atoms with Gasteiger partial charge in [-0.3, -0.25) is 4.79 Å². The number of epoxide rings is 1. The molecule has 4 rings (SSSR count). The van der Waals surface area contributed by atoms with Gasteiger partial charge in [-0.1, -0.05) is 24.5 Å². The van der Waals surface area contributed by atoms with Gasteiger partial charge in [-0.2, -0.15) is 0 Å². The van der Waals surface area contributed by atoms with Crippen LogP contribution < -0.4 is 0 Å². The molecule has 3 aliphatic heterocycles. The van der Waals surface area contributed by atoms with Gasteiger partial charge >= 0.3 is 5.97 Å². The number of carbonyl (C=O) groups excluding carboxylic acids is 1. The number of ether oxygens (including phenoxy) is 2. The Morgan fingerprint density at radius 3 is 2.76 bits per heavy atom. The van der Waals surface area contributed by atoms with Crippen LogP contribution in [0.4, 0.5) is 0 Å². The fourth-order valence-electron chi connectivity index (χ4n) is 5.14. The molecule has 0 unspecified atom stereocenters. The highest BCUT2D eigenvalue weighted by Gasteiger charge is 2.62. The lowest BCUT2D eigenvalue weighted by Crippen LogP contribution is -2.37. The summed E-state index contributed by atoms with van der Waals surface area (Å²) in [6.07, 6.45) is 11.9. The predicted octanol–water partition coefficient (Wildman–Crippen LogP) is 3.70. The standard InChI is InChI=1S/C21H33NO3/c1-15-8-7-11-21(2)19(25-21)18-16(10-9-15)17(20(23)24-18)14-22-12-5-3-4-6-13-22/h8,16-19H,3-7,9-14H2,1-2H3/b15-8-/t16-,17-,18-,19-,21+/m0/s1. The molecule has 0 amide bonds.